The third-order valence-corrected chi connectivity index (χ3v) is 5.84. The standard InChI is InChI=1S/C24H21N5O5/c1-33-17-14-27-20(22-25-7-12-34-22)19-18(17)16(13-26-19)21(30)24(32)29-10-8-28(9-11-29)23(31)15-5-3-2-4-6-15/h2-7,12-14,26H,8-11H2,1H3. The number of carbonyl (C=O) groups is 3. The number of ketones is 1. The van der Waals surface area contributed by atoms with Crippen molar-refractivity contribution in [1.82, 2.24) is 24.8 Å². The Morgan fingerprint density at radius 3 is 2.44 bits per heavy atom. The van der Waals surface area contributed by atoms with E-state index in [1.165, 1.54) is 36.9 Å². The molecule has 1 aliphatic rings. The lowest BCUT2D eigenvalue weighted by molar-refractivity contribution is -0.127. The maximum Gasteiger partial charge on any atom is 0.295 e. The van der Waals surface area contributed by atoms with Gasteiger partial charge in [0.05, 0.1) is 36.0 Å². The van der Waals surface area contributed by atoms with Gasteiger partial charge in [-0.3, -0.25) is 14.4 Å². The summed E-state index contributed by atoms with van der Waals surface area (Å²) in [6.45, 7) is 1.24. The Balaban J connectivity index is 1.36. The van der Waals surface area contributed by atoms with Crippen LogP contribution in [0.2, 0.25) is 0 Å². The molecule has 172 valence electrons. The van der Waals surface area contributed by atoms with E-state index >= 15 is 0 Å². The van der Waals surface area contributed by atoms with E-state index in [9.17, 15) is 14.4 Å². The number of Topliss-reactive ketones (excluding diaryl/α,β-unsaturated/α-hetero) is 1. The fraction of sp³-hybridized carbons (Fsp3) is 0.208. The van der Waals surface area contributed by atoms with Crippen molar-refractivity contribution in [1.29, 1.82) is 0 Å². The molecule has 0 atom stereocenters. The fourth-order valence-corrected chi connectivity index (χ4v) is 4.09. The number of aromatic nitrogens is 3. The van der Waals surface area contributed by atoms with Crippen LogP contribution in [-0.2, 0) is 4.79 Å². The summed E-state index contributed by atoms with van der Waals surface area (Å²) in [5, 5.41) is 0.432. The number of oxazole rings is 1. The number of hydrogen-bond donors (Lipinski definition) is 1. The molecule has 1 N–H and O–H groups in total. The molecule has 0 bridgehead atoms. The Labute approximate surface area is 194 Å². The summed E-state index contributed by atoms with van der Waals surface area (Å²) in [6.07, 6.45) is 5.85. The van der Waals surface area contributed by atoms with E-state index in [1.54, 1.807) is 17.0 Å². The van der Waals surface area contributed by atoms with Crippen LogP contribution in [0, 0.1) is 0 Å². The molecule has 0 aliphatic carbocycles. The first-order valence-corrected chi connectivity index (χ1v) is 10.7. The summed E-state index contributed by atoms with van der Waals surface area (Å²) in [7, 11) is 1.47. The van der Waals surface area contributed by atoms with E-state index in [0.29, 0.717) is 41.0 Å². The molecule has 0 radical (unpaired) electrons. The van der Waals surface area contributed by atoms with Gasteiger partial charge < -0.3 is 23.9 Å². The second-order valence-electron chi connectivity index (χ2n) is 7.74. The summed E-state index contributed by atoms with van der Waals surface area (Å²) >= 11 is 0. The van der Waals surface area contributed by atoms with Gasteiger partial charge >= 0.3 is 0 Å². The number of amides is 2. The van der Waals surface area contributed by atoms with Gasteiger partial charge in [-0.1, -0.05) is 18.2 Å². The van der Waals surface area contributed by atoms with Crippen LogP contribution < -0.4 is 4.74 Å². The summed E-state index contributed by atoms with van der Waals surface area (Å²) in [6, 6.07) is 8.99. The average Bonchev–Trinajstić information content (AvgIpc) is 3.58. The van der Waals surface area contributed by atoms with Crippen LogP contribution in [0.25, 0.3) is 22.5 Å². The number of aromatic amines is 1. The lowest BCUT2D eigenvalue weighted by atomic mass is 10.1. The highest BCUT2D eigenvalue weighted by Crippen LogP contribution is 2.34. The molecule has 34 heavy (non-hydrogen) atoms. The summed E-state index contributed by atoms with van der Waals surface area (Å²) in [5.41, 5.74) is 1.66. The number of pyridine rings is 1. The molecule has 2 amide bonds. The predicted molar refractivity (Wildman–Crippen MR) is 121 cm³/mol. The summed E-state index contributed by atoms with van der Waals surface area (Å²) in [4.78, 5) is 53.6. The number of piperazine rings is 1. The quantitative estimate of drug-likeness (QED) is 0.359. The molecule has 0 unspecified atom stereocenters. The molecule has 10 nitrogen and oxygen atoms in total. The monoisotopic (exact) mass is 459 g/mol. The van der Waals surface area contributed by atoms with Gasteiger partial charge in [0.2, 0.25) is 5.89 Å². The van der Waals surface area contributed by atoms with Crippen molar-refractivity contribution in [3.8, 4) is 17.3 Å². The van der Waals surface area contributed by atoms with Gasteiger partial charge in [-0.2, -0.15) is 0 Å². The van der Waals surface area contributed by atoms with Gasteiger partial charge in [0, 0.05) is 37.9 Å². The second kappa shape index (κ2) is 8.81. The maximum absolute atomic E-state index is 13.2. The Bertz CT molecular complexity index is 1360. The Kier molecular flexibility index (Phi) is 5.54. The van der Waals surface area contributed by atoms with Gasteiger partial charge in [0.25, 0.3) is 17.6 Å². The minimum absolute atomic E-state index is 0.0908. The van der Waals surface area contributed by atoms with E-state index in [0.717, 1.165) is 0 Å². The van der Waals surface area contributed by atoms with Crippen molar-refractivity contribution in [2.75, 3.05) is 33.3 Å². The van der Waals surface area contributed by atoms with Crippen molar-refractivity contribution in [3.63, 3.8) is 0 Å². The third-order valence-electron chi connectivity index (χ3n) is 5.84. The number of rotatable bonds is 5. The molecule has 1 aliphatic heterocycles. The molecule has 1 saturated heterocycles. The largest absolute Gasteiger partial charge is 0.494 e. The topological polar surface area (TPSA) is 122 Å². The van der Waals surface area contributed by atoms with Crippen LogP contribution in [0.3, 0.4) is 0 Å². The number of fused-ring (bicyclic) bond motifs is 1. The average molecular weight is 459 g/mol. The Morgan fingerprint density at radius 2 is 1.76 bits per heavy atom. The van der Waals surface area contributed by atoms with Gasteiger partial charge in [0.15, 0.2) is 0 Å². The zero-order valence-electron chi connectivity index (χ0n) is 18.4. The first kappa shape index (κ1) is 21.4. The van der Waals surface area contributed by atoms with Crippen LogP contribution in [0.15, 0.2) is 59.6 Å². The normalized spacial score (nSPS) is 13.8. The molecule has 5 rings (SSSR count). The van der Waals surface area contributed by atoms with Crippen LogP contribution in [-0.4, -0.2) is 75.6 Å². The fourth-order valence-electron chi connectivity index (χ4n) is 4.09. The highest BCUT2D eigenvalue weighted by molar-refractivity contribution is 6.45. The van der Waals surface area contributed by atoms with E-state index in [-0.39, 0.29) is 30.5 Å². The van der Waals surface area contributed by atoms with Crippen molar-refractivity contribution in [2.24, 2.45) is 0 Å². The molecule has 0 spiro atoms. The number of nitrogens with zero attached hydrogens (tertiary/aromatic N) is 4. The number of carbonyl (C=O) groups excluding carboxylic acids is 3. The van der Waals surface area contributed by atoms with Gasteiger partial charge in [-0.05, 0) is 12.1 Å². The van der Waals surface area contributed by atoms with E-state index < -0.39 is 11.7 Å². The van der Waals surface area contributed by atoms with Crippen LogP contribution in [0.1, 0.15) is 20.7 Å². The predicted octanol–water partition coefficient (Wildman–Crippen LogP) is 2.39. The molecular formula is C24H21N5O5. The van der Waals surface area contributed by atoms with Crippen LogP contribution in [0.4, 0.5) is 0 Å². The van der Waals surface area contributed by atoms with Crippen molar-refractivity contribution < 1.29 is 23.5 Å². The molecule has 3 aromatic heterocycles. The Hall–Kier alpha value is -4.47. The number of ether oxygens (including phenoxy) is 1. The van der Waals surface area contributed by atoms with Crippen molar-refractivity contribution in [2.45, 2.75) is 0 Å². The number of benzene rings is 1. The molecule has 1 fully saturated rings. The molecule has 4 heterocycles. The molecule has 1 aromatic carbocycles. The molecular weight excluding hydrogens is 438 g/mol. The minimum Gasteiger partial charge on any atom is -0.494 e. The Morgan fingerprint density at radius 1 is 1.03 bits per heavy atom. The van der Waals surface area contributed by atoms with Crippen LogP contribution >= 0.6 is 0 Å². The number of nitrogens with one attached hydrogen (secondary N) is 1. The van der Waals surface area contributed by atoms with Gasteiger partial charge in [-0.25, -0.2) is 9.97 Å². The molecule has 4 aromatic rings. The molecule has 0 saturated carbocycles. The number of methoxy groups -OCH3 is 1. The lowest BCUT2D eigenvalue weighted by Gasteiger charge is -2.34. The summed E-state index contributed by atoms with van der Waals surface area (Å²) in [5.74, 6) is -0.770. The first-order valence-electron chi connectivity index (χ1n) is 10.7. The van der Waals surface area contributed by atoms with Crippen LogP contribution in [0.5, 0.6) is 5.75 Å². The third kappa shape index (κ3) is 3.68. The number of hydrogen-bond acceptors (Lipinski definition) is 7. The maximum atomic E-state index is 13.2. The molecule has 10 heteroatoms. The SMILES string of the molecule is COc1cnc(-c2ncco2)c2[nH]cc(C(=O)C(=O)N3CCN(C(=O)c4ccccc4)CC3)c12. The highest BCUT2D eigenvalue weighted by Gasteiger charge is 2.31. The minimum atomic E-state index is -0.670. The zero-order chi connectivity index (χ0) is 23.7. The van der Waals surface area contributed by atoms with Gasteiger partial charge in [0.1, 0.15) is 17.7 Å². The zero-order valence-corrected chi connectivity index (χ0v) is 18.4. The highest BCUT2D eigenvalue weighted by atomic mass is 16.5. The van der Waals surface area contributed by atoms with Crippen molar-refractivity contribution >= 4 is 28.5 Å². The van der Waals surface area contributed by atoms with Gasteiger partial charge in [-0.15, -0.1) is 0 Å². The lowest BCUT2D eigenvalue weighted by Crippen LogP contribution is -2.52. The van der Waals surface area contributed by atoms with E-state index in [4.69, 9.17) is 9.15 Å². The second-order valence-corrected chi connectivity index (χ2v) is 7.74. The smallest absolute Gasteiger partial charge is 0.295 e. The van der Waals surface area contributed by atoms with Crippen molar-refractivity contribution in [3.05, 3.63) is 66.3 Å². The summed E-state index contributed by atoms with van der Waals surface area (Å²) < 4.78 is 10.7. The van der Waals surface area contributed by atoms with E-state index in [2.05, 4.69) is 15.0 Å². The number of H-pyrrole nitrogens is 1. The first-order chi connectivity index (χ1) is 16.6. The van der Waals surface area contributed by atoms with E-state index in [1.807, 2.05) is 18.2 Å².